The number of esters is 1. The van der Waals surface area contributed by atoms with Crippen LogP contribution in [0.1, 0.15) is 27.6 Å². The zero-order valence-corrected chi connectivity index (χ0v) is 14.1. The van der Waals surface area contributed by atoms with E-state index in [4.69, 9.17) is 4.74 Å². The summed E-state index contributed by atoms with van der Waals surface area (Å²) in [4.78, 5) is 28.4. The predicted octanol–water partition coefficient (Wildman–Crippen LogP) is 4.16. The van der Waals surface area contributed by atoms with Crippen LogP contribution in [0.2, 0.25) is 0 Å². The highest BCUT2D eigenvalue weighted by Crippen LogP contribution is 2.41. The van der Waals surface area contributed by atoms with E-state index in [1.165, 1.54) is 11.8 Å². The number of nitrogens with zero attached hydrogens (tertiary/aromatic N) is 1. The van der Waals surface area contributed by atoms with Gasteiger partial charge >= 0.3 is 5.97 Å². The lowest BCUT2D eigenvalue weighted by Crippen LogP contribution is -2.31. The van der Waals surface area contributed by atoms with E-state index in [2.05, 4.69) is 6.58 Å². The molecular weight excluding hydrogens is 322 g/mol. The van der Waals surface area contributed by atoms with Crippen LogP contribution in [0, 0.1) is 0 Å². The first-order chi connectivity index (χ1) is 11.7. The summed E-state index contributed by atoms with van der Waals surface area (Å²) < 4.78 is 5.06. The largest absolute Gasteiger partial charge is 0.462 e. The molecule has 0 saturated heterocycles. The molecule has 0 aliphatic carbocycles. The van der Waals surface area contributed by atoms with E-state index in [0.29, 0.717) is 30.0 Å². The van der Waals surface area contributed by atoms with Gasteiger partial charge in [0.15, 0.2) is 0 Å². The molecule has 0 unspecified atom stereocenters. The Hall–Kier alpha value is -2.53. The van der Waals surface area contributed by atoms with Gasteiger partial charge in [-0.3, -0.25) is 4.79 Å². The molecule has 0 saturated carbocycles. The van der Waals surface area contributed by atoms with Crippen LogP contribution in [0.25, 0.3) is 0 Å². The molecule has 122 valence electrons. The van der Waals surface area contributed by atoms with Crippen LogP contribution < -0.4 is 4.90 Å². The van der Waals surface area contributed by atoms with Gasteiger partial charge in [-0.15, -0.1) is 6.58 Å². The Morgan fingerprint density at radius 3 is 2.79 bits per heavy atom. The maximum atomic E-state index is 12.9. The Morgan fingerprint density at radius 2 is 2.04 bits per heavy atom. The SMILES string of the molecule is C=CCN1C(=O)c2ccccc2Sc2ccc(C(=O)OCC)cc21. The molecule has 4 nitrogen and oxygen atoms in total. The van der Waals surface area contributed by atoms with Gasteiger partial charge in [-0.05, 0) is 37.3 Å². The normalized spacial score (nSPS) is 12.9. The van der Waals surface area contributed by atoms with E-state index in [1.54, 1.807) is 30.0 Å². The van der Waals surface area contributed by atoms with Gasteiger partial charge in [0.25, 0.3) is 5.91 Å². The minimum Gasteiger partial charge on any atom is -0.462 e. The summed E-state index contributed by atoms with van der Waals surface area (Å²) in [7, 11) is 0. The number of hydrogen-bond donors (Lipinski definition) is 0. The molecule has 5 heteroatoms. The minimum atomic E-state index is -0.391. The van der Waals surface area contributed by atoms with Crippen molar-refractivity contribution in [3.05, 3.63) is 66.2 Å². The van der Waals surface area contributed by atoms with Gasteiger partial charge < -0.3 is 9.64 Å². The summed E-state index contributed by atoms with van der Waals surface area (Å²) in [6, 6.07) is 12.8. The number of amides is 1. The van der Waals surface area contributed by atoms with Crippen molar-refractivity contribution in [3.8, 4) is 0 Å². The fraction of sp³-hybridized carbons (Fsp3) is 0.158. The Morgan fingerprint density at radius 1 is 1.25 bits per heavy atom. The molecule has 2 aromatic carbocycles. The van der Waals surface area contributed by atoms with Gasteiger partial charge in [0.1, 0.15) is 0 Å². The summed E-state index contributed by atoms with van der Waals surface area (Å²) in [6.07, 6.45) is 1.68. The molecule has 0 aromatic heterocycles. The number of anilines is 1. The van der Waals surface area contributed by atoms with Crippen LogP contribution in [0.4, 0.5) is 5.69 Å². The average Bonchev–Trinajstić information content (AvgIpc) is 2.71. The lowest BCUT2D eigenvalue weighted by Gasteiger charge is -2.21. The van der Waals surface area contributed by atoms with E-state index in [9.17, 15) is 9.59 Å². The molecule has 1 aliphatic rings. The van der Waals surface area contributed by atoms with Gasteiger partial charge in [0.05, 0.1) is 23.4 Å². The number of hydrogen-bond acceptors (Lipinski definition) is 4. The van der Waals surface area contributed by atoms with Crippen molar-refractivity contribution >= 4 is 29.3 Å². The fourth-order valence-corrected chi connectivity index (χ4v) is 3.63. The molecule has 2 aromatic rings. The van der Waals surface area contributed by atoms with Crippen molar-refractivity contribution in [3.63, 3.8) is 0 Å². The highest BCUT2D eigenvalue weighted by atomic mass is 32.2. The fourth-order valence-electron chi connectivity index (χ4n) is 2.57. The quantitative estimate of drug-likeness (QED) is 0.620. The van der Waals surface area contributed by atoms with Crippen molar-refractivity contribution in [1.29, 1.82) is 0 Å². The van der Waals surface area contributed by atoms with Crippen LogP contribution in [0.15, 0.2) is 64.9 Å². The molecule has 0 spiro atoms. The average molecular weight is 339 g/mol. The molecule has 1 amide bonds. The smallest absolute Gasteiger partial charge is 0.338 e. The number of fused-ring (bicyclic) bond motifs is 2. The maximum Gasteiger partial charge on any atom is 0.338 e. The van der Waals surface area contributed by atoms with Crippen molar-refractivity contribution in [2.75, 3.05) is 18.1 Å². The van der Waals surface area contributed by atoms with Crippen LogP contribution in [-0.2, 0) is 4.74 Å². The van der Waals surface area contributed by atoms with E-state index in [-0.39, 0.29) is 5.91 Å². The molecule has 24 heavy (non-hydrogen) atoms. The first kappa shape index (κ1) is 16.3. The molecule has 0 N–H and O–H groups in total. The summed E-state index contributed by atoms with van der Waals surface area (Å²) in [5.74, 6) is -0.490. The molecule has 1 aliphatic heterocycles. The highest BCUT2D eigenvalue weighted by molar-refractivity contribution is 7.99. The standard InChI is InChI=1S/C19H17NO3S/c1-3-11-20-15-12-13(19(22)23-4-2)9-10-17(15)24-16-8-6-5-7-14(16)18(20)21/h3,5-10,12H,1,4,11H2,2H3. The Bertz CT molecular complexity index is 816. The molecule has 0 radical (unpaired) electrons. The lowest BCUT2D eigenvalue weighted by molar-refractivity contribution is 0.0526. The molecular formula is C19H17NO3S. The Labute approximate surface area is 145 Å². The summed E-state index contributed by atoms with van der Waals surface area (Å²) >= 11 is 1.52. The number of ether oxygens (including phenoxy) is 1. The predicted molar refractivity (Wildman–Crippen MR) is 94.8 cm³/mol. The second-order valence-corrected chi connectivity index (χ2v) is 6.29. The van der Waals surface area contributed by atoms with E-state index < -0.39 is 5.97 Å². The Balaban J connectivity index is 2.13. The van der Waals surface area contributed by atoms with Gasteiger partial charge in [0.2, 0.25) is 0 Å². The van der Waals surface area contributed by atoms with Crippen LogP contribution in [0.5, 0.6) is 0 Å². The lowest BCUT2D eigenvalue weighted by atomic mass is 10.1. The minimum absolute atomic E-state index is 0.0993. The van der Waals surface area contributed by atoms with Gasteiger partial charge in [-0.25, -0.2) is 4.79 Å². The molecule has 3 rings (SSSR count). The van der Waals surface area contributed by atoms with Crippen molar-refractivity contribution < 1.29 is 14.3 Å². The maximum absolute atomic E-state index is 12.9. The topological polar surface area (TPSA) is 46.6 Å². The van der Waals surface area contributed by atoms with Crippen molar-refractivity contribution in [2.45, 2.75) is 16.7 Å². The van der Waals surface area contributed by atoms with Crippen LogP contribution in [-0.4, -0.2) is 25.0 Å². The third-order valence-electron chi connectivity index (χ3n) is 3.66. The second kappa shape index (κ2) is 6.93. The first-order valence-electron chi connectivity index (χ1n) is 7.66. The number of carbonyl (C=O) groups excluding carboxylic acids is 2. The molecule has 0 bridgehead atoms. The second-order valence-electron chi connectivity index (χ2n) is 5.21. The van der Waals surface area contributed by atoms with Crippen LogP contribution in [0.3, 0.4) is 0 Å². The first-order valence-corrected chi connectivity index (χ1v) is 8.48. The molecule has 1 heterocycles. The Kier molecular flexibility index (Phi) is 4.71. The van der Waals surface area contributed by atoms with Crippen LogP contribution >= 0.6 is 11.8 Å². The number of rotatable bonds is 4. The molecule has 0 atom stereocenters. The number of benzene rings is 2. The van der Waals surface area contributed by atoms with Gasteiger partial charge in [-0.1, -0.05) is 30.0 Å². The zero-order valence-electron chi connectivity index (χ0n) is 13.3. The van der Waals surface area contributed by atoms with Crippen molar-refractivity contribution in [2.24, 2.45) is 0 Å². The molecule has 0 fully saturated rings. The summed E-state index contributed by atoms with van der Waals surface area (Å²) in [6.45, 7) is 6.19. The van der Waals surface area contributed by atoms with Gasteiger partial charge in [-0.2, -0.15) is 0 Å². The third kappa shape index (κ3) is 2.95. The summed E-state index contributed by atoms with van der Waals surface area (Å²) in [5.41, 5.74) is 1.79. The third-order valence-corrected chi connectivity index (χ3v) is 4.80. The van der Waals surface area contributed by atoms with E-state index in [0.717, 1.165) is 9.79 Å². The van der Waals surface area contributed by atoms with E-state index >= 15 is 0 Å². The number of carbonyl (C=O) groups is 2. The monoisotopic (exact) mass is 339 g/mol. The van der Waals surface area contributed by atoms with Crippen molar-refractivity contribution in [1.82, 2.24) is 0 Å². The van der Waals surface area contributed by atoms with E-state index in [1.807, 2.05) is 30.3 Å². The summed E-state index contributed by atoms with van der Waals surface area (Å²) in [5, 5.41) is 0. The zero-order chi connectivity index (χ0) is 17.1. The highest BCUT2D eigenvalue weighted by Gasteiger charge is 2.27. The van der Waals surface area contributed by atoms with Gasteiger partial charge in [0, 0.05) is 16.3 Å².